The zero-order valence-corrected chi connectivity index (χ0v) is 18.5. The van der Waals surface area contributed by atoms with Crippen LogP contribution in [0, 0.1) is 5.92 Å². The Balaban J connectivity index is 1.23. The number of nitrogens with zero attached hydrogens (tertiary/aromatic N) is 3. The quantitative estimate of drug-likeness (QED) is 0.595. The molecule has 0 spiro atoms. The summed E-state index contributed by atoms with van der Waals surface area (Å²) in [4.78, 5) is 31.6. The van der Waals surface area contributed by atoms with Crippen molar-refractivity contribution < 1.29 is 18.8 Å². The maximum atomic E-state index is 12.7. The summed E-state index contributed by atoms with van der Waals surface area (Å²) >= 11 is 0. The van der Waals surface area contributed by atoms with Crippen molar-refractivity contribution in [2.24, 2.45) is 5.92 Å². The van der Waals surface area contributed by atoms with Crippen molar-refractivity contribution in [3.8, 4) is 17.1 Å². The van der Waals surface area contributed by atoms with Gasteiger partial charge in [0, 0.05) is 36.7 Å². The molecule has 170 valence electrons. The monoisotopic (exact) mass is 446 g/mol. The summed E-state index contributed by atoms with van der Waals surface area (Å²) in [6.07, 6.45) is 3.56. The molecule has 1 aliphatic heterocycles. The van der Waals surface area contributed by atoms with E-state index < -0.39 is 5.92 Å². The van der Waals surface area contributed by atoms with E-state index in [0.29, 0.717) is 30.7 Å². The van der Waals surface area contributed by atoms with E-state index in [1.807, 2.05) is 48.5 Å². The third-order valence-electron chi connectivity index (χ3n) is 6.43. The molecule has 2 fully saturated rings. The van der Waals surface area contributed by atoms with Gasteiger partial charge in [-0.3, -0.25) is 9.59 Å². The highest BCUT2D eigenvalue weighted by Gasteiger charge is 2.35. The second-order valence-corrected chi connectivity index (χ2v) is 8.61. The van der Waals surface area contributed by atoms with Crippen LogP contribution >= 0.6 is 0 Å². The van der Waals surface area contributed by atoms with Crippen LogP contribution in [-0.2, 0) is 16.1 Å². The van der Waals surface area contributed by atoms with Gasteiger partial charge in [0.1, 0.15) is 5.75 Å². The Bertz CT molecular complexity index is 1150. The first kappa shape index (κ1) is 21.2. The minimum atomic E-state index is -0.394. The lowest BCUT2D eigenvalue weighted by Crippen LogP contribution is -2.32. The maximum absolute atomic E-state index is 12.7. The number of ether oxygens (including phenoxy) is 1. The van der Waals surface area contributed by atoms with Crippen LogP contribution in [0.1, 0.15) is 43.1 Å². The number of nitrogens with one attached hydrogen (secondary N) is 1. The molecule has 0 bridgehead atoms. The van der Waals surface area contributed by atoms with Crippen LogP contribution in [0.5, 0.6) is 5.75 Å². The second kappa shape index (κ2) is 9.05. The number of hydrogen-bond donors (Lipinski definition) is 1. The molecule has 33 heavy (non-hydrogen) atoms. The lowest BCUT2D eigenvalue weighted by molar-refractivity contribution is -0.126. The highest BCUT2D eigenvalue weighted by atomic mass is 16.5. The smallest absolute Gasteiger partial charge is 0.230 e. The predicted molar refractivity (Wildman–Crippen MR) is 122 cm³/mol. The van der Waals surface area contributed by atoms with Crippen molar-refractivity contribution >= 4 is 17.5 Å². The molecule has 1 atom stereocenters. The van der Waals surface area contributed by atoms with Crippen molar-refractivity contribution in [1.82, 2.24) is 15.5 Å². The van der Waals surface area contributed by atoms with E-state index in [0.717, 1.165) is 35.4 Å². The Labute approximate surface area is 191 Å². The lowest BCUT2D eigenvalue weighted by Gasteiger charge is -2.20. The number of rotatable bonds is 7. The van der Waals surface area contributed by atoms with Gasteiger partial charge >= 0.3 is 0 Å². The minimum Gasteiger partial charge on any atom is -0.497 e. The van der Waals surface area contributed by atoms with Crippen LogP contribution in [0.25, 0.3) is 11.4 Å². The Morgan fingerprint density at radius 2 is 2.03 bits per heavy atom. The van der Waals surface area contributed by atoms with E-state index in [4.69, 9.17) is 9.26 Å². The first-order valence-electron chi connectivity index (χ1n) is 11.3. The Morgan fingerprint density at radius 3 is 2.76 bits per heavy atom. The van der Waals surface area contributed by atoms with Gasteiger partial charge in [-0.1, -0.05) is 35.8 Å². The fraction of sp³-hybridized carbons (Fsp3) is 0.360. The molecule has 8 heteroatoms. The average Bonchev–Trinajstić information content (AvgIpc) is 3.44. The fourth-order valence-electron chi connectivity index (χ4n) is 4.20. The summed E-state index contributed by atoms with van der Waals surface area (Å²) in [5, 5.41) is 7.06. The first-order chi connectivity index (χ1) is 16.1. The Morgan fingerprint density at radius 1 is 1.21 bits per heavy atom. The van der Waals surface area contributed by atoms with E-state index in [1.165, 1.54) is 6.42 Å². The Hall–Kier alpha value is -3.68. The van der Waals surface area contributed by atoms with Gasteiger partial charge in [0.05, 0.1) is 13.0 Å². The highest BCUT2D eigenvalue weighted by Crippen LogP contribution is 2.36. The van der Waals surface area contributed by atoms with E-state index >= 15 is 0 Å². The van der Waals surface area contributed by atoms with Gasteiger partial charge < -0.3 is 19.5 Å². The minimum absolute atomic E-state index is 0.0694. The van der Waals surface area contributed by atoms with E-state index in [-0.39, 0.29) is 18.2 Å². The second-order valence-electron chi connectivity index (χ2n) is 8.61. The van der Waals surface area contributed by atoms with Crippen LogP contribution in [0.15, 0.2) is 53.1 Å². The van der Waals surface area contributed by atoms with Crippen LogP contribution in [0.4, 0.5) is 5.69 Å². The fourth-order valence-corrected chi connectivity index (χ4v) is 4.20. The molecule has 2 heterocycles. The average molecular weight is 447 g/mol. The Kier molecular flexibility index (Phi) is 5.81. The number of carbonyl (C=O) groups excluding carboxylic acids is 2. The third kappa shape index (κ3) is 4.46. The zero-order valence-electron chi connectivity index (χ0n) is 18.5. The normalized spacial score (nSPS) is 18.3. The summed E-state index contributed by atoms with van der Waals surface area (Å²) in [6, 6.07) is 15.0. The number of methoxy groups -OCH3 is 1. The van der Waals surface area contributed by atoms with Crippen molar-refractivity contribution in [1.29, 1.82) is 0 Å². The summed E-state index contributed by atoms with van der Waals surface area (Å²) in [5.74, 6) is 1.76. The molecule has 1 aliphatic carbocycles. The molecule has 0 radical (unpaired) electrons. The van der Waals surface area contributed by atoms with Gasteiger partial charge in [0.15, 0.2) is 0 Å². The lowest BCUT2D eigenvalue weighted by atomic mass is 9.85. The molecule has 1 N–H and O–H groups in total. The molecule has 2 aliphatic rings. The molecule has 5 rings (SSSR count). The van der Waals surface area contributed by atoms with Crippen molar-refractivity contribution in [3.63, 3.8) is 0 Å². The number of carbonyl (C=O) groups is 2. The molecular formula is C25H26N4O4. The van der Waals surface area contributed by atoms with Gasteiger partial charge in [-0.05, 0) is 42.7 Å². The summed E-state index contributed by atoms with van der Waals surface area (Å²) in [5.41, 5.74) is 2.50. The summed E-state index contributed by atoms with van der Waals surface area (Å²) in [7, 11) is 1.62. The standard InChI is InChI=1S/C25H26N4O4/c1-32-21-10-8-16(9-11-21)14-26-24(31)19-13-22(30)29(15-19)20-7-3-6-18(12-20)23-27-25(33-28-23)17-4-2-5-17/h3,6-12,17,19H,2,4-5,13-15H2,1H3,(H,26,31)/t19-/m0/s1. The number of hydrogen-bond acceptors (Lipinski definition) is 6. The number of benzene rings is 2. The molecular weight excluding hydrogens is 420 g/mol. The van der Waals surface area contributed by atoms with Gasteiger partial charge in [0.2, 0.25) is 23.5 Å². The molecule has 1 aromatic heterocycles. The van der Waals surface area contributed by atoms with E-state index in [2.05, 4.69) is 15.5 Å². The van der Waals surface area contributed by atoms with Crippen molar-refractivity contribution in [2.75, 3.05) is 18.6 Å². The van der Waals surface area contributed by atoms with Crippen LogP contribution in [0.2, 0.25) is 0 Å². The van der Waals surface area contributed by atoms with Gasteiger partial charge in [-0.2, -0.15) is 4.98 Å². The topological polar surface area (TPSA) is 97.6 Å². The summed E-state index contributed by atoms with van der Waals surface area (Å²) < 4.78 is 10.6. The van der Waals surface area contributed by atoms with Crippen LogP contribution in [0.3, 0.4) is 0 Å². The highest BCUT2D eigenvalue weighted by molar-refractivity contribution is 6.00. The first-order valence-corrected chi connectivity index (χ1v) is 11.3. The number of aromatic nitrogens is 2. The molecule has 2 amide bonds. The van der Waals surface area contributed by atoms with E-state index in [1.54, 1.807) is 12.0 Å². The number of amides is 2. The molecule has 0 unspecified atom stereocenters. The SMILES string of the molecule is COc1ccc(CNC(=O)[C@H]2CC(=O)N(c3cccc(-c4noc(C5CCC5)n4)c3)C2)cc1. The third-order valence-corrected chi connectivity index (χ3v) is 6.43. The van der Waals surface area contributed by atoms with Crippen LogP contribution < -0.4 is 15.0 Å². The molecule has 3 aromatic rings. The zero-order chi connectivity index (χ0) is 22.8. The maximum Gasteiger partial charge on any atom is 0.230 e. The van der Waals surface area contributed by atoms with Gasteiger partial charge in [-0.15, -0.1) is 0 Å². The molecule has 1 saturated carbocycles. The van der Waals surface area contributed by atoms with Crippen molar-refractivity contribution in [3.05, 3.63) is 60.0 Å². The number of anilines is 1. The van der Waals surface area contributed by atoms with Gasteiger partial charge in [0.25, 0.3) is 0 Å². The molecule has 8 nitrogen and oxygen atoms in total. The predicted octanol–water partition coefficient (Wildman–Crippen LogP) is 3.68. The largest absolute Gasteiger partial charge is 0.497 e. The van der Waals surface area contributed by atoms with E-state index in [9.17, 15) is 9.59 Å². The molecule has 1 saturated heterocycles. The summed E-state index contributed by atoms with van der Waals surface area (Å²) in [6.45, 7) is 0.750. The van der Waals surface area contributed by atoms with Crippen LogP contribution in [-0.4, -0.2) is 35.6 Å². The molecule has 2 aromatic carbocycles. The van der Waals surface area contributed by atoms with Gasteiger partial charge in [-0.25, -0.2) is 0 Å². The van der Waals surface area contributed by atoms with Crippen molar-refractivity contribution in [2.45, 2.75) is 38.1 Å².